The van der Waals surface area contributed by atoms with Crippen molar-refractivity contribution in [3.05, 3.63) is 0 Å². The Hall–Kier alpha value is -1.03. The summed E-state index contributed by atoms with van der Waals surface area (Å²) in [5.41, 5.74) is -0.367. The van der Waals surface area contributed by atoms with Gasteiger partial charge in [-0.25, -0.2) is 4.57 Å². The average Bonchev–Trinajstić information content (AvgIpc) is 2.45. The summed E-state index contributed by atoms with van der Waals surface area (Å²) in [6.07, 6.45) is -0.419. The smallest absolute Gasteiger partial charge is 0.466 e. The van der Waals surface area contributed by atoms with Crippen LogP contribution in [0.3, 0.4) is 0 Å². The molecule has 1 unspecified atom stereocenters. The van der Waals surface area contributed by atoms with E-state index in [2.05, 4.69) is 0 Å². The molecular weight excluding hydrogens is 383 g/mol. The van der Waals surface area contributed by atoms with Crippen LogP contribution in [0, 0.1) is 23.2 Å². The second-order valence-corrected chi connectivity index (χ2v) is 8.36. The average molecular weight is 420 g/mol. The largest absolute Gasteiger partial charge is 0.481 e. The first-order valence-corrected chi connectivity index (χ1v) is 9.79. The molecule has 0 spiro atoms. The summed E-state index contributed by atoms with van der Waals surface area (Å²) in [5, 5.41) is 34.3. The number of carbonyl (C=O) groups is 2. The van der Waals surface area contributed by atoms with Crippen molar-refractivity contribution in [1.29, 1.82) is 0 Å². The molecule has 7 N–H and O–H groups in total. The molecule has 1 atom stereocenters. The first-order valence-electron chi connectivity index (χ1n) is 8.23. The maximum absolute atomic E-state index is 9.70. The fraction of sp³-hybridized carbons (Fsp3) is 0.875. The van der Waals surface area contributed by atoms with Crippen molar-refractivity contribution in [2.75, 3.05) is 6.61 Å². The minimum atomic E-state index is -4.64. The van der Waals surface area contributed by atoms with E-state index in [1.807, 2.05) is 27.7 Å². The maximum Gasteiger partial charge on any atom is 0.466 e. The number of aliphatic hydroxyl groups is 2. The van der Waals surface area contributed by atoms with E-state index in [0.717, 1.165) is 0 Å². The van der Waals surface area contributed by atoms with Gasteiger partial charge >= 0.3 is 19.8 Å². The summed E-state index contributed by atoms with van der Waals surface area (Å²) >= 11 is 0. The Morgan fingerprint density at radius 2 is 1.04 bits per heavy atom. The highest BCUT2D eigenvalue weighted by atomic mass is 31.2. The number of rotatable bonds is 5. The van der Waals surface area contributed by atoms with Gasteiger partial charge in [-0.05, 0) is 5.92 Å². The molecule has 0 amide bonds. The van der Waals surface area contributed by atoms with E-state index < -0.39 is 25.9 Å². The number of aliphatic hydroxyl groups excluding tert-OH is 2. The predicted octanol–water partition coefficient (Wildman–Crippen LogP) is 1.55. The standard InChI is InChI=1S/C8H18O2.2C4H8O2.H3O4P/c1-6(2)7(10)8(3,4)5-9;2*1-3(2)4(5)6;1-5(2,3)4/h6-7,9-10H,5H2,1-4H3;2*3H,1-2H3,(H,5,6);(H3,1,2,3,4). The molecular formula is C16H37O10P. The topological polar surface area (TPSA) is 193 Å². The molecule has 0 saturated carbocycles. The van der Waals surface area contributed by atoms with Crippen LogP contribution in [0.1, 0.15) is 55.4 Å². The van der Waals surface area contributed by atoms with Crippen LogP contribution in [0.2, 0.25) is 0 Å². The van der Waals surface area contributed by atoms with Gasteiger partial charge in [0.2, 0.25) is 0 Å². The molecule has 0 radical (unpaired) electrons. The number of phosphoric acid groups is 1. The predicted molar refractivity (Wildman–Crippen MR) is 101 cm³/mol. The lowest BCUT2D eigenvalue weighted by Gasteiger charge is -2.30. The Labute approximate surface area is 161 Å². The minimum absolute atomic E-state index is 0.0341. The van der Waals surface area contributed by atoms with E-state index in [4.69, 9.17) is 34.6 Å². The van der Waals surface area contributed by atoms with Crippen molar-refractivity contribution in [3.8, 4) is 0 Å². The lowest BCUT2D eigenvalue weighted by molar-refractivity contribution is -0.141. The zero-order chi connectivity index (χ0) is 23.2. The van der Waals surface area contributed by atoms with E-state index in [-0.39, 0.29) is 29.8 Å². The van der Waals surface area contributed by atoms with Crippen molar-refractivity contribution in [2.24, 2.45) is 23.2 Å². The molecule has 0 fully saturated rings. The summed E-state index contributed by atoms with van der Waals surface area (Å²) in [5.74, 6) is -1.73. The van der Waals surface area contributed by atoms with Gasteiger partial charge < -0.3 is 35.1 Å². The first kappa shape index (κ1) is 33.5. The van der Waals surface area contributed by atoms with Crippen LogP contribution in [-0.2, 0) is 14.2 Å². The van der Waals surface area contributed by atoms with E-state index >= 15 is 0 Å². The fourth-order valence-corrected chi connectivity index (χ4v) is 0.996. The second-order valence-electron chi connectivity index (χ2n) is 7.33. The van der Waals surface area contributed by atoms with Gasteiger partial charge in [0.05, 0.1) is 24.5 Å². The number of hydrogen-bond acceptors (Lipinski definition) is 5. The van der Waals surface area contributed by atoms with Crippen LogP contribution in [-0.4, -0.2) is 59.8 Å². The van der Waals surface area contributed by atoms with Crippen molar-refractivity contribution >= 4 is 19.8 Å². The Morgan fingerprint density at radius 3 is 1.07 bits per heavy atom. The number of hydrogen-bond donors (Lipinski definition) is 7. The van der Waals surface area contributed by atoms with Gasteiger partial charge in [0.25, 0.3) is 0 Å². The van der Waals surface area contributed by atoms with Gasteiger partial charge in [-0.2, -0.15) is 0 Å². The molecule has 0 saturated heterocycles. The SMILES string of the molecule is CC(C)C(=O)O.CC(C)C(=O)O.CC(C)C(O)C(C)(C)CO.O=P(O)(O)O. The van der Waals surface area contributed by atoms with Gasteiger partial charge in [0.15, 0.2) is 0 Å². The number of carboxylic acids is 2. The van der Waals surface area contributed by atoms with E-state index in [9.17, 15) is 14.7 Å². The van der Waals surface area contributed by atoms with Crippen molar-refractivity contribution in [2.45, 2.75) is 61.5 Å². The van der Waals surface area contributed by atoms with Crippen molar-refractivity contribution < 1.29 is 49.3 Å². The monoisotopic (exact) mass is 420 g/mol. The highest BCUT2D eigenvalue weighted by molar-refractivity contribution is 7.45. The molecule has 0 aliphatic heterocycles. The lowest BCUT2D eigenvalue weighted by atomic mass is 9.82. The zero-order valence-electron chi connectivity index (χ0n) is 17.3. The quantitative estimate of drug-likeness (QED) is 0.321. The highest BCUT2D eigenvalue weighted by Crippen LogP contribution is 2.26. The van der Waals surface area contributed by atoms with E-state index in [1.54, 1.807) is 27.7 Å². The highest BCUT2D eigenvalue weighted by Gasteiger charge is 2.28. The third kappa shape index (κ3) is 33.0. The molecule has 0 aromatic carbocycles. The molecule has 11 heteroatoms. The van der Waals surface area contributed by atoms with Crippen LogP contribution in [0.25, 0.3) is 0 Å². The molecule has 166 valence electrons. The summed E-state index contributed by atoms with van der Waals surface area (Å²) in [6.45, 7) is 14.2. The fourth-order valence-electron chi connectivity index (χ4n) is 0.996. The molecule has 10 nitrogen and oxygen atoms in total. The van der Waals surface area contributed by atoms with Gasteiger partial charge in [0, 0.05) is 5.41 Å². The van der Waals surface area contributed by atoms with Crippen LogP contribution in [0.15, 0.2) is 0 Å². The summed E-state index contributed by atoms with van der Waals surface area (Å²) in [7, 11) is -4.64. The zero-order valence-corrected chi connectivity index (χ0v) is 18.2. The van der Waals surface area contributed by atoms with Crippen LogP contribution < -0.4 is 0 Å². The number of aliphatic carboxylic acids is 2. The van der Waals surface area contributed by atoms with Gasteiger partial charge in [-0.15, -0.1) is 0 Å². The molecule has 27 heavy (non-hydrogen) atoms. The Morgan fingerprint density at radius 1 is 0.852 bits per heavy atom. The molecule has 0 aromatic rings. The molecule has 0 aromatic heterocycles. The Balaban J connectivity index is -0.000000137. The summed E-state index contributed by atoms with van der Waals surface area (Å²) in [6, 6.07) is 0. The Bertz CT molecular complexity index is 414. The second kappa shape index (κ2) is 16.0. The van der Waals surface area contributed by atoms with Gasteiger partial charge in [0.1, 0.15) is 0 Å². The first-order chi connectivity index (χ1) is 11.7. The van der Waals surface area contributed by atoms with Crippen LogP contribution in [0.4, 0.5) is 0 Å². The molecule has 0 heterocycles. The third-order valence-corrected chi connectivity index (χ3v) is 2.83. The molecule has 0 rings (SSSR count). The van der Waals surface area contributed by atoms with E-state index in [1.165, 1.54) is 0 Å². The maximum atomic E-state index is 9.70. The number of carboxylic acid groups (broad SMARTS) is 2. The Kier molecular flexibility index (Phi) is 19.8. The molecule has 0 aliphatic rings. The van der Waals surface area contributed by atoms with Crippen LogP contribution in [0.5, 0.6) is 0 Å². The molecule has 0 bridgehead atoms. The third-order valence-electron chi connectivity index (χ3n) is 2.83. The lowest BCUT2D eigenvalue weighted by Crippen LogP contribution is -2.36. The summed E-state index contributed by atoms with van der Waals surface area (Å²) in [4.78, 5) is 41.0. The van der Waals surface area contributed by atoms with E-state index in [0.29, 0.717) is 0 Å². The summed E-state index contributed by atoms with van der Waals surface area (Å²) < 4.78 is 8.88. The van der Waals surface area contributed by atoms with Gasteiger partial charge in [-0.1, -0.05) is 55.4 Å². The molecule has 0 aliphatic carbocycles. The minimum Gasteiger partial charge on any atom is -0.481 e. The van der Waals surface area contributed by atoms with Crippen molar-refractivity contribution in [3.63, 3.8) is 0 Å². The van der Waals surface area contributed by atoms with Crippen LogP contribution >= 0.6 is 7.82 Å². The normalized spacial score (nSPS) is 12.1. The van der Waals surface area contributed by atoms with Crippen molar-refractivity contribution in [1.82, 2.24) is 0 Å². The van der Waals surface area contributed by atoms with Gasteiger partial charge in [-0.3, -0.25) is 9.59 Å².